The molecule has 0 aliphatic heterocycles. The lowest BCUT2D eigenvalue weighted by Crippen LogP contribution is -2.11. The first-order valence-corrected chi connectivity index (χ1v) is 5.28. The Hall–Kier alpha value is -1.42. The van der Waals surface area contributed by atoms with Crippen LogP contribution in [-0.4, -0.2) is 9.97 Å². The molecule has 0 amide bonds. The first-order chi connectivity index (χ1) is 7.20. The fraction of sp³-hybridized carbons (Fsp3) is 0.0909. The van der Waals surface area contributed by atoms with E-state index >= 15 is 0 Å². The molecular formula is C11H9BrN2O. The number of H-pyrrole nitrogens is 1. The van der Waals surface area contributed by atoms with Crippen molar-refractivity contribution in [2.24, 2.45) is 0 Å². The van der Waals surface area contributed by atoms with Gasteiger partial charge in [-0.15, -0.1) is 0 Å². The molecule has 0 saturated carbocycles. The number of nitrogens with zero attached hydrogens (tertiary/aromatic N) is 1. The summed E-state index contributed by atoms with van der Waals surface area (Å²) in [5.41, 5.74) is 2.17. The molecule has 76 valence electrons. The van der Waals surface area contributed by atoms with Crippen molar-refractivity contribution in [3.8, 4) is 11.3 Å². The van der Waals surface area contributed by atoms with E-state index in [0.29, 0.717) is 11.3 Å². The van der Waals surface area contributed by atoms with Crippen molar-refractivity contribution in [2.45, 2.75) is 6.92 Å². The topological polar surface area (TPSA) is 45.8 Å². The van der Waals surface area contributed by atoms with Crippen molar-refractivity contribution in [3.63, 3.8) is 0 Å². The van der Waals surface area contributed by atoms with E-state index in [4.69, 9.17) is 0 Å². The molecule has 1 N–H and O–H groups in total. The average Bonchev–Trinajstić information content (AvgIpc) is 2.23. The number of hydrogen-bond acceptors (Lipinski definition) is 2. The van der Waals surface area contributed by atoms with Crippen molar-refractivity contribution < 1.29 is 0 Å². The Bertz CT molecular complexity index is 548. The van der Waals surface area contributed by atoms with Gasteiger partial charge in [0.15, 0.2) is 0 Å². The maximum absolute atomic E-state index is 11.4. The Morgan fingerprint density at radius 3 is 2.80 bits per heavy atom. The number of hydrogen-bond donors (Lipinski definition) is 1. The molecule has 3 nitrogen and oxygen atoms in total. The highest BCUT2D eigenvalue weighted by Gasteiger charge is 2.08. The van der Waals surface area contributed by atoms with E-state index in [1.54, 1.807) is 6.92 Å². The highest BCUT2D eigenvalue weighted by Crippen LogP contribution is 2.26. The van der Waals surface area contributed by atoms with Crippen molar-refractivity contribution in [1.82, 2.24) is 9.97 Å². The van der Waals surface area contributed by atoms with E-state index in [-0.39, 0.29) is 5.56 Å². The standard InChI is InChI=1S/C11H9BrN2O/c1-7-10(13-6-14-11(7)15)8-4-2-3-5-9(8)12/h2-6H,1H3,(H,13,14,15). The van der Waals surface area contributed by atoms with Gasteiger partial charge in [0.2, 0.25) is 0 Å². The Labute approximate surface area is 95.3 Å². The van der Waals surface area contributed by atoms with Crippen LogP contribution in [-0.2, 0) is 0 Å². The lowest BCUT2D eigenvalue weighted by atomic mass is 10.1. The Morgan fingerprint density at radius 2 is 2.07 bits per heavy atom. The monoisotopic (exact) mass is 264 g/mol. The molecule has 15 heavy (non-hydrogen) atoms. The second-order valence-corrected chi connectivity index (χ2v) is 4.04. The average molecular weight is 265 g/mol. The zero-order valence-corrected chi connectivity index (χ0v) is 9.71. The lowest BCUT2D eigenvalue weighted by molar-refractivity contribution is 1.08. The quantitative estimate of drug-likeness (QED) is 0.861. The molecule has 0 aliphatic carbocycles. The molecule has 0 radical (unpaired) electrons. The van der Waals surface area contributed by atoms with Gasteiger partial charge in [0.1, 0.15) is 0 Å². The third-order valence-electron chi connectivity index (χ3n) is 2.21. The summed E-state index contributed by atoms with van der Waals surface area (Å²) in [6.07, 6.45) is 1.42. The first kappa shape index (κ1) is 10.1. The van der Waals surface area contributed by atoms with Crippen LogP contribution in [0.25, 0.3) is 11.3 Å². The van der Waals surface area contributed by atoms with Gasteiger partial charge in [-0.25, -0.2) is 4.98 Å². The van der Waals surface area contributed by atoms with Crippen LogP contribution in [0.2, 0.25) is 0 Å². The smallest absolute Gasteiger partial charge is 0.254 e. The summed E-state index contributed by atoms with van der Waals surface area (Å²) in [7, 11) is 0. The van der Waals surface area contributed by atoms with Gasteiger partial charge >= 0.3 is 0 Å². The second-order valence-electron chi connectivity index (χ2n) is 3.19. The highest BCUT2D eigenvalue weighted by atomic mass is 79.9. The Balaban J connectivity index is 2.70. The third kappa shape index (κ3) is 1.85. The van der Waals surface area contributed by atoms with E-state index in [2.05, 4.69) is 25.9 Å². The van der Waals surface area contributed by atoms with Crippen LogP contribution in [0.4, 0.5) is 0 Å². The minimum Gasteiger partial charge on any atom is -0.313 e. The molecule has 2 rings (SSSR count). The maximum atomic E-state index is 11.4. The van der Waals surface area contributed by atoms with Crippen molar-refractivity contribution in [3.05, 3.63) is 51.0 Å². The molecule has 0 saturated heterocycles. The van der Waals surface area contributed by atoms with Gasteiger partial charge in [-0.3, -0.25) is 4.79 Å². The SMILES string of the molecule is Cc1c(-c2ccccc2Br)nc[nH]c1=O. The summed E-state index contributed by atoms with van der Waals surface area (Å²) >= 11 is 3.44. The molecular weight excluding hydrogens is 256 g/mol. The third-order valence-corrected chi connectivity index (χ3v) is 2.91. The van der Waals surface area contributed by atoms with Crippen LogP contribution >= 0.6 is 15.9 Å². The normalized spacial score (nSPS) is 10.3. The maximum Gasteiger partial charge on any atom is 0.254 e. The van der Waals surface area contributed by atoms with E-state index in [1.807, 2.05) is 24.3 Å². The molecule has 0 bridgehead atoms. The number of rotatable bonds is 1. The molecule has 2 aromatic rings. The zero-order chi connectivity index (χ0) is 10.8. The summed E-state index contributed by atoms with van der Waals surface area (Å²) in [5, 5.41) is 0. The van der Waals surface area contributed by atoms with Crippen LogP contribution in [0.15, 0.2) is 39.9 Å². The summed E-state index contributed by atoms with van der Waals surface area (Å²) in [6, 6.07) is 7.70. The lowest BCUT2D eigenvalue weighted by Gasteiger charge is -2.05. The number of benzene rings is 1. The van der Waals surface area contributed by atoms with E-state index in [0.717, 1.165) is 10.0 Å². The molecule has 0 spiro atoms. The zero-order valence-electron chi connectivity index (χ0n) is 8.12. The number of aromatic nitrogens is 2. The number of nitrogens with one attached hydrogen (secondary N) is 1. The van der Waals surface area contributed by atoms with Gasteiger partial charge in [-0.2, -0.15) is 0 Å². The first-order valence-electron chi connectivity index (χ1n) is 4.49. The van der Waals surface area contributed by atoms with Gasteiger partial charge in [0.25, 0.3) is 5.56 Å². The molecule has 4 heteroatoms. The van der Waals surface area contributed by atoms with Crippen LogP contribution < -0.4 is 5.56 Å². The summed E-state index contributed by atoms with van der Waals surface area (Å²) in [4.78, 5) is 18.1. The molecule has 0 unspecified atom stereocenters. The molecule has 1 aromatic heterocycles. The fourth-order valence-corrected chi connectivity index (χ4v) is 1.87. The van der Waals surface area contributed by atoms with E-state index in [1.165, 1.54) is 6.33 Å². The molecule has 0 aliphatic rings. The summed E-state index contributed by atoms with van der Waals surface area (Å²) in [5.74, 6) is 0. The molecule has 0 atom stereocenters. The van der Waals surface area contributed by atoms with Crippen molar-refractivity contribution >= 4 is 15.9 Å². The molecule has 1 heterocycles. The van der Waals surface area contributed by atoms with Crippen molar-refractivity contribution in [2.75, 3.05) is 0 Å². The van der Waals surface area contributed by atoms with E-state index < -0.39 is 0 Å². The Morgan fingerprint density at radius 1 is 1.33 bits per heavy atom. The van der Waals surface area contributed by atoms with E-state index in [9.17, 15) is 4.79 Å². The van der Waals surface area contributed by atoms with Gasteiger partial charge in [-0.05, 0) is 13.0 Å². The minimum atomic E-state index is -0.101. The number of halogens is 1. The predicted molar refractivity (Wildman–Crippen MR) is 62.7 cm³/mol. The largest absolute Gasteiger partial charge is 0.313 e. The van der Waals surface area contributed by atoms with Crippen LogP contribution in [0.1, 0.15) is 5.56 Å². The summed E-state index contributed by atoms with van der Waals surface area (Å²) < 4.78 is 0.936. The van der Waals surface area contributed by atoms with Gasteiger partial charge in [0, 0.05) is 15.6 Å². The van der Waals surface area contributed by atoms with Gasteiger partial charge < -0.3 is 4.98 Å². The highest BCUT2D eigenvalue weighted by molar-refractivity contribution is 9.10. The van der Waals surface area contributed by atoms with Crippen LogP contribution in [0.3, 0.4) is 0 Å². The number of aromatic amines is 1. The summed E-state index contributed by atoms with van der Waals surface area (Å²) in [6.45, 7) is 1.76. The van der Waals surface area contributed by atoms with Crippen LogP contribution in [0.5, 0.6) is 0 Å². The predicted octanol–water partition coefficient (Wildman–Crippen LogP) is 2.51. The van der Waals surface area contributed by atoms with Gasteiger partial charge in [0.05, 0.1) is 12.0 Å². The Kier molecular flexibility index (Phi) is 2.68. The van der Waals surface area contributed by atoms with Crippen LogP contribution in [0, 0.1) is 6.92 Å². The minimum absolute atomic E-state index is 0.101. The van der Waals surface area contributed by atoms with Gasteiger partial charge in [-0.1, -0.05) is 34.1 Å². The second kappa shape index (κ2) is 3.98. The molecule has 0 fully saturated rings. The molecule has 1 aromatic carbocycles. The van der Waals surface area contributed by atoms with Crippen molar-refractivity contribution in [1.29, 1.82) is 0 Å². The fourth-order valence-electron chi connectivity index (χ4n) is 1.39.